The minimum absolute atomic E-state index is 0.0841. The zero-order valence-electron chi connectivity index (χ0n) is 15.5. The fourth-order valence-corrected chi connectivity index (χ4v) is 3.19. The van der Waals surface area contributed by atoms with Crippen molar-refractivity contribution in [2.24, 2.45) is 0 Å². The van der Waals surface area contributed by atoms with Crippen molar-refractivity contribution in [2.45, 2.75) is 52.6 Å². The molecule has 2 atom stereocenters. The number of carbonyl (C=O) groups is 1. The van der Waals surface area contributed by atoms with Crippen molar-refractivity contribution in [3.05, 3.63) is 34.8 Å². The topological polar surface area (TPSA) is 84.3 Å². The van der Waals surface area contributed by atoms with Gasteiger partial charge in [0.2, 0.25) is 5.91 Å². The monoisotopic (exact) mass is 346 g/mol. The van der Waals surface area contributed by atoms with Gasteiger partial charge in [0, 0.05) is 18.0 Å². The van der Waals surface area contributed by atoms with E-state index in [0.717, 1.165) is 22.9 Å². The summed E-state index contributed by atoms with van der Waals surface area (Å²) >= 11 is 0. The van der Waals surface area contributed by atoms with Crippen LogP contribution in [-0.2, 0) is 9.53 Å². The molecule has 3 rings (SSSR count). The number of hydrogen-bond acceptors (Lipinski definition) is 5. The Balaban J connectivity index is 1.71. The molecule has 1 amide bonds. The van der Waals surface area contributed by atoms with Gasteiger partial charge in [-0.1, -0.05) is 13.8 Å². The maximum Gasteiger partial charge on any atom is 0.230 e. The Morgan fingerprint density at radius 2 is 2.12 bits per heavy atom. The lowest BCUT2D eigenvalue weighted by Gasteiger charge is -2.33. The third-order valence-electron chi connectivity index (χ3n) is 4.64. The number of amides is 1. The summed E-state index contributed by atoms with van der Waals surface area (Å²) in [5.74, 6) is 3.18. The van der Waals surface area contributed by atoms with Crippen molar-refractivity contribution in [3.63, 3.8) is 0 Å². The molecule has 0 saturated carbocycles. The summed E-state index contributed by atoms with van der Waals surface area (Å²) < 4.78 is 11.4. The van der Waals surface area contributed by atoms with Gasteiger partial charge in [-0.25, -0.2) is 4.98 Å². The normalized spacial score (nSPS) is 19.4. The van der Waals surface area contributed by atoms with Gasteiger partial charge >= 0.3 is 0 Å². The van der Waals surface area contributed by atoms with Gasteiger partial charge in [0.1, 0.15) is 17.6 Å². The van der Waals surface area contributed by atoms with Gasteiger partial charge in [-0.05, 0) is 26.8 Å². The highest BCUT2D eigenvalue weighted by atomic mass is 16.5. The minimum atomic E-state index is -0.267. The smallest absolute Gasteiger partial charge is 0.230 e. The quantitative estimate of drug-likeness (QED) is 0.920. The molecule has 3 heterocycles. The third kappa shape index (κ3) is 3.61. The molecule has 2 aromatic rings. The lowest BCUT2D eigenvalue weighted by atomic mass is 9.99. The van der Waals surface area contributed by atoms with E-state index in [4.69, 9.17) is 9.15 Å². The molecule has 7 nitrogen and oxygen atoms in total. The molecular weight excluding hydrogens is 320 g/mol. The second kappa shape index (κ2) is 7.00. The molecule has 0 aromatic carbocycles. The molecule has 7 heteroatoms. The Hall–Kier alpha value is -2.15. The maximum absolute atomic E-state index is 12.9. The lowest BCUT2D eigenvalue weighted by molar-refractivity contribution is -0.140. The van der Waals surface area contributed by atoms with Gasteiger partial charge in [0.15, 0.2) is 11.6 Å². The number of aromatic nitrogens is 3. The number of nitrogens with one attached hydrogen (secondary N) is 1. The van der Waals surface area contributed by atoms with Gasteiger partial charge in [-0.15, -0.1) is 0 Å². The molecule has 1 N–H and O–H groups in total. The fraction of sp³-hybridized carbons (Fsp3) is 0.611. The van der Waals surface area contributed by atoms with E-state index < -0.39 is 0 Å². The zero-order chi connectivity index (χ0) is 18.1. The molecule has 2 aromatic heterocycles. The minimum Gasteiger partial charge on any atom is -0.466 e. The Morgan fingerprint density at radius 3 is 2.72 bits per heavy atom. The van der Waals surface area contributed by atoms with Crippen LogP contribution in [0.4, 0.5) is 0 Å². The first-order valence-electron chi connectivity index (χ1n) is 8.76. The van der Waals surface area contributed by atoms with Gasteiger partial charge in [0.05, 0.1) is 19.1 Å². The standard InChI is InChI=1S/C18H26N4O3/c1-10(2)16-19-17(21-20-16)15-9-22(6-7-24-15)18(23)12(4)14-8-11(3)25-13(14)5/h8,10,12,15H,6-7,9H2,1-5H3,(H,19,20,21)/t12-,15+/m0/s1. The maximum atomic E-state index is 12.9. The van der Waals surface area contributed by atoms with Crippen LogP contribution in [0.3, 0.4) is 0 Å². The van der Waals surface area contributed by atoms with Crippen molar-refractivity contribution in [1.29, 1.82) is 0 Å². The van der Waals surface area contributed by atoms with Crippen LogP contribution in [0.5, 0.6) is 0 Å². The molecule has 0 bridgehead atoms. The molecule has 1 aliphatic heterocycles. The van der Waals surface area contributed by atoms with Crippen LogP contribution in [-0.4, -0.2) is 45.7 Å². The summed E-state index contributed by atoms with van der Waals surface area (Å²) in [5.41, 5.74) is 0.951. The zero-order valence-corrected chi connectivity index (χ0v) is 15.5. The van der Waals surface area contributed by atoms with Crippen molar-refractivity contribution in [2.75, 3.05) is 19.7 Å². The lowest BCUT2D eigenvalue weighted by Crippen LogP contribution is -2.44. The van der Waals surface area contributed by atoms with Crippen LogP contribution >= 0.6 is 0 Å². The number of carbonyl (C=O) groups excluding carboxylic acids is 1. The first-order valence-corrected chi connectivity index (χ1v) is 8.76. The van der Waals surface area contributed by atoms with E-state index in [1.54, 1.807) is 0 Å². The number of rotatable bonds is 4. The van der Waals surface area contributed by atoms with E-state index in [9.17, 15) is 4.79 Å². The number of ether oxygens (including phenoxy) is 1. The van der Waals surface area contributed by atoms with Crippen LogP contribution in [0.15, 0.2) is 10.5 Å². The van der Waals surface area contributed by atoms with Crippen molar-refractivity contribution in [1.82, 2.24) is 20.1 Å². The van der Waals surface area contributed by atoms with Crippen LogP contribution < -0.4 is 0 Å². The molecule has 1 fully saturated rings. The Labute approximate surface area is 147 Å². The van der Waals surface area contributed by atoms with Gasteiger partial charge in [-0.3, -0.25) is 9.89 Å². The molecule has 0 radical (unpaired) electrons. The summed E-state index contributed by atoms with van der Waals surface area (Å²) in [6, 6.07) is 1.95. The fourth-order valence-electron chi connectivity index (χ4n) is 3.19. The van der Waals surface area contributed by atoms with E-state index in [0.29, 0.717) is 25.5 Å². The number of aromatic amines is 1. The molecular formula is C18H26N4O3. The van der Waals surface area contributed by atoms with Crippen LogP contribution in [0.2, 0.25) is 0 Å². The highest BCUT2D eigenvalue weighted by molar-refractivity contribution is 5.83. The molecule has 0 spiro atoms. The summed E-state index contributed by atoms with van der Waals surface area (Å²) in [6.45, 7) is 11.4. The van der Waals surface area contributed by atoms with E-state index in [1.165, 1.54) is 0 Å². The van der Waals surface area contributed by atoms with Gasteiger partial charge < -0.3 is 14.1 Å². The third-order valence-corrected chi connectivity index (χ3v) is 4.64. The van der Waals surface area contributed by atoms with E-state index in [2.05, 4.69) is 15.2 Å². The summed E-state index contributed by atoms with van der Waals surface area (Å²) in [5, 5.41) is 7.18. The van der Waals surface area contributed by atoms with Crippen molar-refractivity contribution >= 4 is 5.91 Å². The number of morpholine rings is 1. The van der Waals surface area contributed by atoms with Crippen LogP contribution in [0.25, 0.3) is 0 Å². The highest BCUT2D eigenvalue weighted by Gasteiger charge is 2.31. The van der Waals surface area contributed by atoms with Crippen LogP contribution in [0, 0.1) is 13.8 Å². The number of furan rings is 1. The molecule has 1 aliphatic rings. The van der Waals surface area contributed by atoms with E-state index >= 15 is 0 Å². The molecule has 1 saturated heterocycles. The predicted octanol–water partition coefficient (Wildman–Crippen LogP) is 2.84. The predicted molar refractivity (Wildman–Crippen MR) is 92.3 cm³/mol. The largest absolute Gasteiger partial charge is 0.466 e. The Kier molecular flexibility index (Phi) is 4.94. The van der Waals surface area contributed by atoms with Gasteiger partial charge in [0.25, 0.3) is 0 Å². The highest BCUT2D eigenvalue weighted by Crippen LogP contribution is 2.27. The Morgan fingerprint density at radius 1 is 1.36 bits per heavy atom. The molecule has 0 aliphatic carbocycles. The second-order valence-corrected chi connectivity index (χ2v) is 6.97. The first-order chi connectivity index (χ1) is 11.9. The van der Waals surface area contributed by atoms with Gasteiger partial charge in [-0.2, -0.15) is 5.10 Å². The first kappa shape index (κ1) is 17.7. The number of nitrogens with zero attached hydrogens (tertiary/aromatic N) is 3. The van der Waals surface area contributed by atoms with Crippen molar-refractivity contribution in [3.8, 4) is 0 Å². The Bertz CT molecular complexity index is 749. The average Bonchev–Trinajstić information content (AvgIpc) is 3.20. The SMILES string of the molecule is Cc1cc([C@H](C)C(=O)N2CCO[C@@H](c3nc(C(C)C)n[nH]3)C2)c(C)o1. The average molecular weight is 346 g/mol. The second-order valence-electron chi connectivity index (χ2n) is 6.97. The molecule has 25 heavy (non-hydrogen) atoms. The van der Waals surface area contributed by atoms with Crippen LogP contribution in [0.1, 0.15) is 67.4 Å². The summed E-state index contributed by atoms with van der Waals surface area (Å²) in [6.07, 6.45) is -0.267. The number of aryl methyl sites for hydroxylation is 2. The van der Waals surface area contributed by atoms with Crippen molar-refractivity contribution < 1.29 is 13.9 Å². The molecule has 136 valence electrons. The number of H-pyrrole nitrogens is 1. The molecule has 0 unspecified atom stereocenters. The van der Waals surface area contributed by atoms with E-state index in [1.807, 2.05) is 45.6 Å². The number of hydrogen-bond donors (Lipinski definition) is 1. The summed E-state index contributed by atoms with van der Waals surface area (Å²) in [4.78, 5) is 19.3. The van der Waals surface area contributed by atoms with E-state index in [-0.39, 0.29) is 23.8 Å². The summed E-state index contributed by atoms with van der Waals surface area (Å²) in [7, 11) is 0.